The van der Waals surface area contributed by atoms with Gasteiger partial charge in [0.15, 0.2) is 0 Å². The maximum absolute atomic E-state index is 11.9. The number of alkyl halides is 3. The molecule has 1 amide bonds. The molecule has 1 unspecified atom stereocenters. The summed E-state index contributed by atoms with van der Waals surface area (Å²) in [7, 11) is 0. The van der Waals surface area contributed by atoms with Gasteiger partial charge in [-0.3, -0.25) is 4.79 Å². The lowest BCUT2D eigenvalue weighted by atomic mass is 9.98. The number of carbonyl (C=O) groups excluding carboxylic acids is 1. The second-order valence-electron chi connectivity index (χ2n) is 3.78. The zero-order valence-electron chi connectivity index (χ0n) is 10.5. The van der Waals surface area contributed by atoms with Crippen molar-refractivity contribution < 1.29 is 18.0 Å². The van der Waals surface area contributed by atoms with Gasteiger partial charge in [-0.15, -0.1) is 12.4 Å². The monoisotopic (exact) mass is 328 g/mol. The maximum atomic E-state index is 11.9. The van der Waals surface area contributed by atoms with Crippen LogP contribution in [0.4, 0.5) is 13.2 Å². The molecule has 0 aromatic heterocycles. The summed E-state index contributed by atoms with van der Waals surface area (Å²) >= 11 is -0.155. The molecule has 0 heterocycles. The van der Waals surface area contributed by atoms with Crippen LogP contribution in [0.25, 0.3) is 0 Å². The second-order valence-corrected chi connectivity index (χ2v) is 4.94. The number of benzene rings is 1. The summed E-state index contributed by atoms with van der Waals surface area (Å²) in [6.07, 6.45) is 0. The van der Waals surface area contributed by atoms with E-state index >= 15 is 0 Å². The molecule has 1 aromatic carbocycles. The van der Waals surface area contributed by atoms with Crippen LogP contribution < -0.4 is 11.1 Å². The Labute approximate surface area is 125 Å². The fourth-order valence-electron chi connectivity index (χ4n) is 1.54. The van der Waals surface area contributed by atoms with E-state index in [9.17, 15) is 18.0 Å². The van der Waals surface area contributed by atoms with E-state index in [2.05, 4.69) is 5.32 Å². The minimum absolute atomic E-state index is 0. The van der Waals surface area contributed by atoms with Gasteiger partial charge in [0.25, 0.3) is 0 Å². The van der Waals surface area contributed by atoms with Crippen LogP contribution in [0.3, 0.4) is 0 Å². The molecule has 1 atom stereocenters. The molecule has 8 heteroatoms. The van der Waals surface area contributed by atoms with Gasteiger partial charge in [0, 0.05) is 18.8 Å². The van der Waals surface area contributed by atoms with Crippen molar-refractivity contribution in [2.24, 2.45) is 5.73 Å². The highest BCUT2D eigenvalue weighted by Crippen LogP contribution is 2.29. The quantitative estimate of drug-likeness (QED) is 0.789. The van der Waals surface area contributed by atoms with E-state index in [-0.39, 0.29) is 48.9 Å². The van der Waals surface area contributed by atoms with E-state index in [4.69, 9.17) is 5.73 Å². The van der Waals surface area contributed by atoms with Crippen LogP contribution in [-0.2, 0) is 4.79 Å². The Hall–Kier alpha value is -0.920. The van der Waals surface area contributed by atoms with Crippen LogP contribution in [0.5, 0.6) is 0 Å². The molecule has 0 aliphatic rings. The third kappa shape index (κ3) is 7.02. The third-order valence-corrected chi connectivity index (χ3v) is 3.16. The third-order valence-electron chi connectivity index (χ3n) is 2.42. The minimum atomic E-state index is -4.27. The van der Waals surface area contributed by atoms with E-state index in [1.54, 1.807) is 24.3 Å². The van der Waals surface area contributed by atoms with Crippen LogP contribution in [0.1, 0.15) is 11.5 Å². The molecule has 20 heavy (non-hydrogen) atoms. The molecule has 0 fully saturated rings. The van der Waals surface area contributed by atoms with Gasteiger partial charge in [-0.1, -0.05) is 30.3 Å². The minimum Gasteiger partial charge on any atom is -0.355 e. The van der Waals surface area contributed by atoms with E-state index in [1.807, 2.05) is 6.07 Å². The molecule has 114 valence electrons. The summed E-state index contributed by atoms with van der Waals surface area (Å²) in [5, 5.41) is 2.46. The van der Waals surface area contributed by atoms with Gasteiger partial charge in [-0.05, 0) is 17.3 Å². The molecule has 0 bridgehead atoms. The Balaban J connectivity index is 0.00000361. The topological polar surface area (TPSA) is 55.1 Å². The fourth-order valence-corrected chi connectivity index (χ4v) is 1.98. The molecule has 1 rings (SSSR count). The van der Waals surface area contributed by atoms with E-state index in [0.717, 1.165) is 5.56 Å². The fraction of sp³-hybridized carbons (Fsp3) is 0.417. The number of nitrogens with two attached hydrogens (primary N) is 1. The van der Waals surface area contributed by atoms with Crippen molar-refractivity contribution in [1.82, 2.24) is 5.32 Å². The molecule has 3 nitrogen and oxygen atoms in total. The number of carbonyl (C=O) groups is 1. The highest BCUT2D eigenvalue weighted by atomic mass is 35.5. The lowest BCUT2D eigenvalue weighted by molar-refractivity contribution is -0.122. The second kappa shape index (κ2) is 9.10. The van der Waals surface area contributed by atoms with Crippen molar-refractivity contribution in [2.45, 2.75) is 11.4 Å². The Morgan fingerprint density at radius 1 is 1.30 bits per heavy atom. The number of halogens is 4. The van der Waals surface area contributed by atoms with Crippen molar-refractivity contribution in [2.75, 3.05) is 18.8 Å². The van der Waals surface area contributed by atoms with Gasteiger partial charge in [-0.2, -0.15) is 13.2 Å². The van der Waals surface area contributed by atoms with Gasteiger partial charge < -0.3 is 11.1 Å². The summed E-state index contributed by atoms with van der Waals surface area (Å²) in [6, 6.07) is 8.91. The van der Waals surface area contributed by atoms with Gasteiger partial charge in [0.05, 0.1) is 5.92 Å². The zero-order valence-corrected chi connectivity index (χ0v) is 12.2. The first kappa shape index (κ1) is 19.1. The Morgan fingerprint density at radius 2 is 1.90 bits per heavy atom. The molecule has 1 aromatic rings. The molecule has 0 saturated heterocycles. The van der Waals surface area contributed by atoms with Gasteiger partial charge >= 0.3 is 5.51 Å². The van der Waals surface area contributed by atoms with Crippen molar-refractivity contribution in [3.8, 4) is 0 Å². The molecule has 0 saturated carbocycles. The number of amides is 1. The number of hydrogen-bond acceptors (Lipinski definition) is 3. The first-order valence-corrected chi connectivity index (χ1v) is 6.66. The average molecular weight is 329 g/mol. The van der Waals surface area contributed by atoms with Crippen LogP contribution in [-0.4, -0.2) is 30.3 Å². The van der Waals surface area contributed by atoms with Gasteiger partial charge in [0.1, 0.15) is 0 Å². The van der Waals surface area contributed by atoms with Crippen molar-refractivity contribution in [1.29, 1.82) is 0 Å². The largest absolute Gasteiger partial charge is 0.441 e. The number of nitrogens with one attached hydrogen (secondary N) is 1. The number of hydrogen-bond donors (Lipinski definition) is 2. The van der Waals surface area contributed by atoms with Crippen LogP contribution in [0.2, 0.25) is 0 Å². The molecule has 0 spiro atoms. The smallest absolute Gasteiger partial charge is 0.355 e. The first-order valence-electron chi connectivity index (χ1n) is 5.67. The summed E-state index contributed by atoms with van der Waals surface area (Å²) < 4.78 is 35.7. The lowest BCUT2D eigenvalue weighted by Gasteiger charge is -2.15. The van der Waals surface area contributed by atoms with E-state index in [1.165, 1.54) is 0 Å². The normalized spacial score (nSPS) is 12.4. The summed E-state index contributed by atoms with van der Waals surface area (Å²) in [4.78, 5) is 11.8. The predicted molar refractivity (Wildman–Crippen MR) is 77.0 cm³/mol. The highest BCUT2D eigenvalue weighted by molar-refractivity contribution is 8.00. The van der Waals surface area contributed by atoms with E-state index < -0.39 is 11.4 Å². The van der Waals surface area contributed by atoms with Gasteiger partial charge in [0.2, 0.25) is 5.91 Å². The Kier molecular flexibility index (Phi) is 8.68. The standard InChI is InChI=1S/C12H15F3N2OS.ClH/c13-12(14,15)19-7-6-17-11(18)10(8-16)9-4-2-1-3-5-9;/h1-5,10H,6-8,16H2,(H,17,18);1H. The average Bonchev–Trinajstić information content (AvgIpc) is 2.36. The van der Waals surface area contributed by atoms with Crippen molar-refractivity contribution in [3.63, 3.8) is 0 Å². The molecule has 0 aliphatic carbocycles. The van der Waals surface area contributed by atoms with E-state index in [0.29, 0.717) is 0 Å². The van der Waals surface area contributed by atoms with Crippen LogP contribution >= 0.6 is 24.2 Å². The molecule has 0 radical (unpaired) electrons. The molecule has 3 N–H and O–H groups in total. The number of rotatable bonds is 6. The lowest BCUT2D eigenvalue weighted by Crippen LogP contribution is -2.35. The molecular formula is C12H16ClF3N2OS. The van der Waals surface area contributed by atoms with Crippen LogP contribution in [0.15, 0.2) is 30.3 Å². The predicted octanol–water partition coefficient (Wildman–Crippen LogP) is 2.52. The highest BCUT2D eigenvalue weighted by Gasteiger charge is 2.27. The van der Waals surface area contributed by atoms with Gasteiger partial charge in [-0.25, -0.2) is 0 Å². The Morgan fingerprint density at radius 3 is 2.40 bits per heavy atom. The summed E-state index contributed by atoms with van der Waals surface area (Å²) in [6.45, 7) is 0.0780. The maximum Gasteiger partial charge on any atom is 0.441 e. The summed E-state index contributed by atoms with van der Waals surface area (Å²) in [5.74, 6) is -1.09. The van der Waals surface area contributed by atoms with Crippen LogP contribution in [0, 0.1) is 0 Å². The SMILES string of the molecule is Cl.NCC(C(=O)NCCSC(F)(F)F)c1ccccc1. The summed E-state index contributed by atoms with van der Waals surface area (Å²) in [5.41, 5.74) is 2.02. The van der Waals surface area contributed by atoms with Crippen molar-refractivity contribution >= 4 is 30.1 Å². The molecule has 0 aliphatic heterocycles. The first-order chi connectivity index (χ1) is 8.94. The Bertz CT molecular complexity index is 403. The number of thioether (sulfide) groups is 1. The molecular weight excluding hydrogens is 313 g/mol. The zero-order chi connectivity index (χ0) is 14.3. The van der Waals surface area contributed by atoms with Crippen molar-refractivity contribution in [3.05, 3.63) is 35.9 Å².